The number of amides is 1. The topological polar surface area (TPSA) is 67.3 Å². The molecule has 0 spiro atoms. The molecule has 1 aliphatic heterocycles. The lowest BCUT2D eigenvalue weighted by atomic mass is 10.1. The lowest BCUT2D eigenvalue weighted by molar-refractivity contribution is -0.130. The number of nitrogens with zero attached hydrogens (tertiary/aromatic N) is 2. The van der Waals surface area contributed by atoms with Gasteiger partial charge in [-0.05, 0) is 6.92 Å². The largest absolute Gasteiger partial charge is 0.345 e. The average Bonchev–Trinajstić information content (AvgIpc) is 2.92. The molecular weight excluding hydrogens is 296 g/mol. The van der Waals surface area contributed by atoms with Crippen molar-refractivity contribution < 1.29 is 13.2 Å². The van der Waals surface area contributed by atoms with Crippen LogP contribution in [0, 0.1) is 12.8 Å². The minimum Gasteiger partial charge on any atom is -0.345 e. The van der Waals surface area contributed by atoms with Crippen LogP contribution in [0.2, 0.25) is 0 Å². The van der Waals surface area contributed by atoms with E-state index in [1.165, 1.54) is 10.3 Å². The van der Waals surface area contributed by atoms with Crippen molar-refractivity contribution in [2.24, 2.45) is 5.92 Å². The zero-order valence-electron chi connectivity index (χ0n) is 11.6. The first kappa shape index (κ1) is 15.2. The standard InChI is InChI=1S/C13H18N2O3S2/c1-10-12(19-9-14-10)3-5-15(2)13(16)7-11-4-6-20(17,18)8-11/h4,6,9,11H,3,5,7-8H2,1-2H3. The van der Waals surface area contributed by atoms with E-state index in [0.717, 1.165) is 12.1 Å². The summed E-state index contributed by atoms with van der Waals surface area (Å²) in [5, 5.41) is 1.21. The molecule has 20 heavy (non-hydrogen) atoms. The first-order chi connectivity index (χ1) is 9.37. The summed E-state index contributed by atoms with van der Waals surface area (Å²) in [6.45, 7) is 2.59. The smallest absolute Gasteiger partial charge is 0.222 e. The maximum absolute atomic E-state index is 12.0. The van der Waals surface area contributed by atoms with Crippen LogP contribution in [0.25, 0.3) is 0 Å². The summed E-state index contributed by atoms with van der Waals surface area (Å²) in [7, 11) is -1.32. The van der Waals surface area contributed by atoms with Gasteiger partial charge >= 0.3 is 0 Å². The lowest BCUT2D eigenvalue weighted by Crippen LogP contribution is -2.30. The van der Waals surface area contributed by atoms with E-state index in [1.807, 2.05) is 6.92 Å². The number of allylic oxidation sites excluding steroid dienone is 1. The monoisotopic (exact) mass is 314 g/mol. The van der Waals surface area contributed by atoms with Crippen molar-refractivity contribution >= 4 is 27.1 Å². The van der Waals surface area contributed by atoms with E-state index in [9.17, 15) is 13.2 Å². The van der Waals surface area contributed by atoms with E-state index in [-0.39, 0.29) is 24.0 Å². The zero-order valence-corrected chi connectivity index (χ0v) is 13.2. The number of carbonyl (C=O) groups excluding carboxylic acids is 1. The number of carbonyl (C=O) groups is 1. The van der Waals surface area contributed by atoms with Crippen molar-refractivity contribution in [3.63, 3.8) is 0 Å². The summed E-state index contributed by atoms with van der Waals surface area (Å²) < 4.78 is 22.6. The van der Waals surface area contributed by atoms with E-state index in [2.05, 4.69) is 4.98 Å². The van der Waals surface area contributed by atoms with Crippen LogP contribution in [0.3, 0.4) is 0 Å². The van der Waals surface area contributed by atoms with Gasteiger partial charge < -0.3 is 4.90 Å². The van der Waals surface area contributed by atoms with Crippen LogP contribution in [0.4, 0.5) is 0 Å². The van der Waals surface area contributed by atoms with Gasteiger partial charge in [0.25, 0.3) is 0 Å². The van der Waals surface area contributed by atoms with Crippen LogP contribution in [0.15, 0.2) is 17.0 Å². The number of sulfone groups is 1. The second-order valence-electron chi connectivity index (χ2n) is 5.05. The Morgan fingerprint density at radius 2 is 2.30 bits per heavy atom. The van der Waals surface area contributed by atoms with Crippen molar-refractivity contribution in [3.8, 4) is 0 Å². The minimum absolute atomic E-state index is 0.0149. The number of hydrogen-bond donors (Lipinski definition) is 0. The molecule has 0 aliphatic carbocycles. The first-order valence-electron chi connectivity index (χ1n) is 6.41. The van der Waals surface area contributed by atoms with Crippen molar-refractivity contribution in [2.75, 3.05) is 19.3 Å². The quantitative estimate of drug-likeness (QED) is 0.824. The van der Waals surface area contributed by atoms with E-state index >= 15 is 0 Å². The second-order valence-corrected chi connectivity index (χ2v) is 7.92. The first-order valence-corrected chi connectivity index (χ1v) is 9.01. The fourth-order valence-electron chi connectivity index (χ4n) is 2.11. The highest BCUT2D eigenvalue weighted by Gasteiger charge is 2.25. The molecule has 0 fully saturated rings. The SMILES string of the molecule is Cc1ncsc1CCN(C)C(=O)CC1C=CS(=O)(=O)C1. The van der Waals surface area contributed by atoms with Crippen molar-refractivity contribution in [3.05, 3.63) is 27.6 Å². The molecule has 110 valence electrons. The van der Waals surface area contributed by atoms with Gasteiger partial charge in [-0.2, -0.15) is 0 Å². The van der Waals surface area contributed by atoms with Crippen LogP contribution in [-0.2, 0) is 21.1 Å². The minimum atomic E-state index is -3.08. The molecule has 5 nitrogen and oxygen atoms in total. The number of hydrogen-bond acceptors (Lipinski definition) is 5. The van der Waals surface area contributed by atoms with Crippen LogP contribution < -0.4 is 0 Å². The third-order valence-corrected chi connectivity index (χ3v) is 5.85. The molecule has 0 saturated heterocycles. The van der Waals surface area contributed by atoms with Crippen molar-refractivity contribution in [1.29, 1.82) is 0 Å². The zero-order chi connectivity index (χ0) is 14.8. The lowest BCUT2D eigenvalue weighted by Gasteiger charge is -2.18. The van der Waals surface area contributed by atoms with Gasteiger partial charge in [-0.1, -0.05) is 6.08 Å². The Morgan fingerprint density at radius 3 is 2.85 bits per heavy atom. The molecule has 1 unspecified atom stereocenters. The van der Waals surface area contributed by atoms with E-state index in [1.54, 1.807) is 34.9 Å². The Hall–Kier alpha value is -1.21. The molecule has 0 N–H and O–H groups in total. The molecule has 1 aromatic rings. The fourth-order valence-corrected chi connectivity index (χ4v) is 4.28. The van der Waals surface area contributed by atoms with Gasteiger partial charge in [-0.25, -0.2) is 13.4 Å². The summed E-state index contributed by atoms with van der Waals surface area (Å²) in [6, 6.07) is 0. The predicted octanol–water partition coefficient (Wildman–Crippen LogP) is 1.40. The van der Waals surface area contributed by atoms with Gasteiger partial charge in [0, 0.05) is 42.6 Å². The normalized spacial score (nSPS) is 20.2. The number of rotatable bonds is 5. The summed E-state index contributed by atoms with van der Waals surface area (Å²) in [5.74, 6) is -0.139. The molecule has 0 aromatic carbocycles. The van der Waals surface area contributed by atoms with Gasteiger partial charge in [0.15, 0.2) is 9.84 Å². The summed E-state index contributed by atoms with van der Waals surface area (Å²) >= 11 is 1.60. The third-order valence-electron chi connectivity index (χ3n) is 3.39. The molecule has 0 radical (unpaired) electrons. The average molecular weight is 314 g/mol. The Bertz CT molecular complexity index is 619. The van der Waals surface area contributed by atoms with Gasteiger partial charge in [0.2, 0.25) is 5.91 Å². The van der Waals surface area contributed by atoms with Crippen molar-refractivity contribution in [1.82, 2.24) is 9.88 Å². The van der Waals surface area contributed by atoms with Gasteiger partial charge in [0.1, 0.15) is 0 Å². The van der Waals surface area contributed by atoms with E-state index < -0.39 is 9.84 Å². The number of thiazole rings is 1. The molecule has 0 saturated carbocycles. The maximum Gasteiger partial charge on any atom is 0.222 e. The Balaban J connectivity index is 1.81. The van der Waals surface area contributed by atoms with Crippen LogP contribution >= 0.6 is 11.3 Å². The van der Waals surface area contributed by atoms with Crippen molar-refractivity contribution in [2.45, 2.75) is 19.8 Å². The van der Waals surface area contributed by atoms with E-state index in [4.69, 9.17) is 0 Å². The summed E-state index contributed by atoms with van der Waals surface area (Å²) in [6.07, 6.45) is 2.67. The predicted molar refractivity (Wildman–Crippen MR) is 79.2 cm³/mol. The van der Waals surface area contributed by atoms with E-state index in [0.29, 0.717) is 6.54 Å². The number of aromatic nitrogens is 1. The highest BCUT2D eigenvalue weighted by atomic mass is 32.2. The fraction of sp³-hybridized carbons (Fsp3) is 0.538. The van der Waals surface area contributed by atoms with Crippen LogP contribution in [0.1, 0.15) is 17.0 Å². The third kappa shape index (κ3) is 3.89. The Kier molecular flexibility index (Phi) is 4.59. The maximum atomic E-state index is 12.0. The second kappa shape index (κ2) is 6.05. The number of aryl methyl sites for hydroxylation is 1. The Labute approximate surface area is 123 Å². The molecule has 2 rings (SSSR count). The van der Waals surface area contributed by atoms with Crippen LogP contribution in [0.5, 0.6) is 0 Å². The molecular formula is C13H18N2O3S2. The highest BCUT2D eigenvalue weighted by Crippen LogP contribution is 2.19. The summed E-state index contributed by atoms with van der Waals surface area (Å²) in [4.78, 5) is 19.1. The highest BCUT2D eigenvalue weighted by molar-refractivity contribution is 7.94. The number of likely N-dealkylation sites (N-methyl/N-ethyl adjacent to an activating group) is 1. The molecule has 1 aliphatic rings. The molecule has 2 heterocycles. The van der Waals surface area contributed by atoms with Gasteiger partial charge in [0.05, 0.1) is 17.0 Å². The molecule has 1 aromatic heterocycles. The van der Waals surface area contributed by atoms with Crippen LogP contribution in [-0.4, -0.2) is 43.6 Å². The van der Waals surface area contributed by atoms with Gasteiger partial charge in [-0.15, -0.1) is 11.3 Å². The molecule has 0 bridgehead atoms. The van der Waals surface area contributed by atoms with Gasteiger partial charge in [-0.3, -0.25) is 4.79 Å². The molecule has 1 atom stereocenters. The summed E-state index contributed by atoms with van der Waals surface area (Å²) in [5.41, 5.74) is 2.82. The Morgan fingerprint density at radius 1 is 1.55 bits per heavy atom. The molecule has 1 amide bonds. The molecule has 7 heteroatoms.